The molecule has 1 unspecified atom stereocenters. The second-order valence-electron chi connectivity index (χ2n) is 5.41. The number of para-hydroxylation sites is 1. The molecule has 0 amide bonds. The SMILES string of the molecule is CC(C)N(C)S(=O)(=O)N1CCCC(O)c2ccccc21. The normalized spacial score (nSPS) is 20.1. The van der Waals surface area contributed by atoms with Crippen molar-refractivity contribution >= 4 is 15.9 Å². The van der Waals surface area contributed by atoms with Crippen LogP contribution in [0.4, 0.5) is 5.69 Å². The van der Waals surface area contributed by atoms with Gasteiger partial charge in [0.1, 0.15) is 0 Å². The van der Waals surface area contributed by atoms with E-state index in [1.165, 1.54) is 8.61 Å². The minimum absolute atomic E-state index is 0.111. The molecule has 0 saturated carbocycles. The van der Waals surface area contributed by atoms with Gasteiger partial charge in [0, 0.05) is 25.2 Å². The number of rotatable bonds is 3. The fourth-order valence-corrected chi connectivity index (χ4v) is 3.98. The number of nitrogens with zero attached hydrogens (tertiary/aromatic N) is 2. The van der Waals surface area contributed by atoms with Crippen LogP contribution in [0, 0.1) is 0 Å². The van der Waals surface area contributed by atoms with Crippen molar-refractivity contribution in [2.75, 3.05) is 17.9 Å². The van der Waals surface area contributed by atoms with Gasteiger partial charge in [0.15, 0.2) is 0 Å². The Morgan fingerprint density at radius 2 is 2.00 bits per heavy atom. The van der Waals surface area contributed by atoms with Gasteiger partial charge in [-0.05, 0) is 32.8 Å². The molecule has 1 heterocycles. The van der Waals surface area contributed by atoms with Crippen molar-refractivity contribution < 1.29 is 13.5 Å². The summed E-state index contributed by atoms with van der Waals surface area (Å²) in [6.07, 6.45) is 0.617. The lowest BCUT2D eigenvalue weighted by molar-refractivity contribution is 0.168. The van der Waals surface area contributed by atoms with E-state index in [0.717, 1.165) is 0 Å². The Hall–Kier alpha value is -1.11. The number of fused-ring (bicyclic) bond motifs is 1. The highest BCUT2D eigenvalue weighted by molar-refractivity contribution is 7.90. The zero-order chi connectivity index (χ0) is 14.9. The largest absolute Gasteiger partial charge is 0.388 e. The van der Waals surface area contributed by atoms with Crippen molar-refractivity contribution in [3.63, 3.8) is 0 Å². The number of hydrogen-bond donors (Lipinski definition) is 1. The van der Waals surface area contributed by atoms with Crippen LogP contribution in [0.3, 0.4) is 0 Å². The lowest BCUT2D eigenvalue weighted by Crippen LogP contribution is -2.45. The first-order valence-electron chi connectivity index (χ1n) is 6.88. The van der Waals surface area contributed by atoms with Gasteiger partial charge in [0.05, 0.1) is 11.8 Å². The Bertz CT molecular complexity index is 572. The summed E-state index contributed by atoms with van der Waals surface area (Å²) in [6, 6.07) is 7.07. The summed E-state index contributed by atoms with van der Waals surface area (Å²) < 4.78 is 28.2. The van der Waals surface area contributed by atoms with Gasteiger partial charge < -0.3 is 5.11 Å². The van der Waals surface area contributed by atoms with Gasteiger partial charge >= 0.3 is 10.2 Å². The van der Waals surface area contributed by atoms with E-state index >= 15 is 0 Å². The maximum atomic E-state index is 12.7. The molecule has 5 nitrogen and oxygen atoms in total. The van der Waals surface area contributed by atoms with E-state index in [1.807, 2.05) is 19.9 Å². The smallest absolute Gasteiger partial charge is 0.304 e. The van der Waals surface area contributed by atoms with Crippen LogP contribution < -0.4 is 4.31 Å². The second kappa shape index (κ2) is 5.71. The number of aliphatic hydroxyl groups excluding tert-OH is 1. The molecule has 2 rings (SSSR count). The molecule has 1 aromatic rings. The van der Waals surface area contributed by atoms with E-state index in [2.05, 4.69) is 0 Å². The molecular weight excluding hydrogens is 276 g/mol. The molecule has 112 valence electrons. The summed E-state index contributed by atoms with van der Waals surface area (Å²) in [5.41, 5.74) is 1.27. The monoisotopic (exact) mass is 298 g/mol. The van der Waals surface area contributed by atoms with Gasteiger partial charge in [-0.15, -0.1) is 0 Å². The summed E-state index contributed by atoms with van der Waals surface area (Å²) in [5.74, 6) is 0. The topological polar surface area (TPSA) is 60.9 Å². The Balaban J connectivity index is 2.50. The lowest BCUT2D eigenvalue weighted by atomic mass is 10.1. The second-order valence-corrected chi connectivity index (χ2v) is 7.32. The summed E-state index contributed by atoms with van der Waals surface area (Å²) in [7, 11) is -1.98. The van der Waals surface area contributed by atoms with Gasteiger partial charge in [-0.3, -0.25) is 4.31 Å². The van der Waals surface area contributed by atoms with Crippen LogP contribution in [-0.2, 0) is 10.2 Å². The van der Waals surface area contributed by atoms with Crippen LogP contribution >= 0.6 is 0 Å². The maximum Gasteiger partial charge on any atom is 0.304 e. The first kappa shape index (κ1) is 15.3. The molecular formula is C14H22N2O3S. The van der Waals surface area contributed by atoms with Crippen LogP contribution in [0.5, 0.6) is 0 Å². The predicted octanol–water partition coefficient (Wildman–Crippen LogP) is 1.91. The third kappa shape index (κ3) is 2.68. The van der Waals surface area contributed by atoms with Crippen LogP contribution in [0.25, 0.3) is 0 Å². The Labute approximate surface area is 121 Å². The number of benzene rings is 1. The van der Waals surface area contributed by atoms with Gasteiger partial charge in [0.25, 0.3) is 0 Å². The number of hydrogen-bond acceptors (Lipinski definition) is 3. The molecule has 0 saturated heterocycles. The van der Waals surface area contributed by atoms with Crippen molar-refractivity contribution in [1.82, 2.24) is 4.31 Å². The molecule has 0 spiro atoms. The molecule has 1 atom stereocenters. The summed E-state index contributed by atoms with van der Waals surface area (Å²) in [4.78, 5) is 0. The molecule has 6 heteroatoms. The Morgan fingerprint density at radius 1 is 1.35 bits per heavy atom. The van der Waals surface area contributed by atoms with E-state index in [4.69, 9.17) is 0 Å². The highest BCUT2D eigenvalue weighted by Crippen LogP contribution is 2.34. The van der Waals surface area contributed by atoms with Gasteiger partial charge in [0.2, 0.25) is 0 Å². The molecule has 0 aromatic heterocycles. The van der Waals surface area contributed by atoms with E-state index in [9.17, 15) is 13.5 Å². The van der Waals surface area contributed by atoms with Crippen molar-refractivity contribution in [1.29, 1.82) is 0 Å². The predicted molar refractivity (Wildman–Crippen MR) is 79.8 cm³/mol. The molecule has 1 aliphatic heterocycles. The molecule has 0 aliphatic carbocycles. The van der Waals surface area contributed by atoms with E-state index in [1.54, 1.807) is 25.2 Å². The summed E-state index contributed by atoms with van der Waals surface area (Å²) in [6.45, 7) is 4.08. The molecule has 0 fully saturated rings. The lowest BCUT2D eigenvalue weighted by Gasteiger charge is -2.31. The number of aliphatic hydroxyl groups is 1. The standard InChI is InChI=1S/C14H22N2O3S/c1-11(2)15(3)20(18,19)16-10-6-9-14(17)12-7-4-5-8-13(12)16/h4-5,7-8,11,14,17H,6,9-10H2,1-3H3. The molecule has 1 aliphatic rings. The van der Waals surface area contributed by atoms with Crippen LogP contribution in [0.2, 0.25) is 0 Å². The van der Waals surface area contributed by atoms with Crippen molar-refractivity contribution in [3.05, 3.63) is 29.8 Å². The summed E-state index contributed by atoms with van der Waals surface area (Å²) in [5, 5.41) is 10.1. The van der Waals surface area contributed by atoms with Gasteiger partial charge in [-0.2, -0.15) is 12.7 Å². The van der Waals surface area contributed by atoms with E-state index < -0.39 is 16.3 Å². The molecule has 1 N–H and O–H groups in total. The minimum Gasteiger partial charge on any atom is -0.388 e. The molecule has 0 radical (unpaired) electrons. The Morgan fingerprint density at radius 3 is 2.65 bits per heavy atom. The average molecular weight is 298 g/mol. The third-order valence-corrected chi connectivity index (χ3v) is 5.86. The van der Waals surface area contributed by atoms with Crippen LogP contribution in [-0.4, -0.2) is 37.5 Å². The van der Waals surface area contributed by atoms with Crippen LogP contribution in [0.15, 0.2) is 24.3 Å². The quantitative estimate of drug-likeness (QED) is 0.927. The highest BCUT2D eigenvalue weighted by Gasteiger charge is 2.32. The van der Waals surface area contributed by atoms with Gasteiger partial charge in [-0.1, -0.05) is 18.2 Å². The molecule has 20 heavy (non-hydrogen) atoms. The molecule has 1 aromatic carbocycles. The van der Waals surface area contributed by atoms with E-state index in [-0.39, 0.29) is 6.04 Å². The average Bonchev–Trinajstić information content (AvgIpc) is 2.58. The number of anilines is 1. The highest BCUT2D eigenvalue weighted by atomic mass is 32.2. The third-order valence-electron chi connectivity index (χ3n) is 3.77. The molecule has 0 bridgehead atoms. The fraction of sp³-hybridized carbons (Fsp3) is 0.571. The zero-order valence-electron chi connectivity index (χ0n) is 12.2. The van der Waals surface area contributed by atoms with Crippen LogP contribution in [0.1, 0.15) is 38.4 Å². The first-order chi connectivity index (χ1) is 9.35. The van der Waals surface area contributed by atoms with Crippen molar-refractivity contribution in [2.24, 2.45) is 0 Å². The maximum absolute atomic E-state index is 12.7. The van der Waals surface area contributed by atoms with E-state index in [0.29, 0.717) is 30.6 Å². The Kier molecular flexibility index (Phi) is 4.36. The van der Waals surface area contributed by atoms with Crippen molar-refractivity contribution in [3.8, 4) is 0 Å². The van der Waals surface area contributed by atoms with Crippen molar-refractivity contribution in [2.45, 2.75) is 38.8 Å². The zero-order valence-corrected chi connectivity index (χ0v) is 13.0. The summed E-state index contributed by atoms with van der Waals surface area (Å²) >= 11 is 0. The first-order valence-corrected chi connectivity index (χ1v) is 8.28. The fourth-order valence-electron chi connectivity index (χ4n) is 2.36. The van der Waals surface area contributed by atoms with Gasteiger partial charge in [-0.25, -0.2) is 0 Å². The minimum atomic E-state index is -3.57.